The lowest BCUT2D eigenvalue weighted by Crippen LogP contribution is -2.52. The number of carbonyl (C=O) groups excluding carboxylic acids is 4. The van der Waals surface area contributed by atoms with Crippen LogP contribution in [-0.4, -0.2) is 41.7 Å². The molecule has 1 saturated carbocycles. The summed E-state index contributed by atoms with van der Waals surface area (Å²) in [6.07, 6.45) is 2.60. The van der Waals surface area contributed by atoms with E-state index in [-0.39, 0.29) is 36.7 Å². The van der Waals surface area contributed by atoms with Crippen molar-refractivity contribution < 1.29 is 23.9 Å². The number of fused-ring (bicyclic) bond motifs is 1. The van der Waals surface area contributed by atoms with Gasteiger partial charge in [0, 0.05) is 29.7 Å². The van der Waals surface area contributed by atoms with Crippen molar-refractivity contribution in [2.24, 2.45) is 5.92 Å². The van der Waals surface area contributed by atoms with E-state index in [1.807, 2.05) is 24.3 Å². The lowest BCUT2D eigenvalue weighted by atomic mass is 10.00. The second kappa shape index (κ2) is 8.35. The number of methoxy groups -OCH3 is 1. The maximum atomic E-state index is 13.2. The van der Waals surface area contributed by atoms with Crippen molar-refractivity contribution in [3.05, 3.63) is 64.7 Å². The fourth-order valence-corrected chi connectivity index (χ4v) is 4.74. The molecule has 5 rings (SSSR count). The van der Waals surface area contributed by atoms with Crippen LogP contribution in [0, 0.1) is 5.92 Å². The van der Waals surface area contributed by atoms with Crippen LogP contribution in [-0.2, 0) is 16.1 Å². The molecule has 1 saturated heterocycles. The molecule has 0 radical (unpaired) electrons. The van der Waals surface area contributed by atoms with Gasteiger partial charge in [0.2, 0.25) is 11.8 Å². The molecule has 2 atom stereocenters. The number of nitrogens with zero attached hydrogens (tertiary/aromatic N) is 1. The zero-order valence-corrected chi connectivity index (χ0v) is 18.3. The molecule has 4 amide bonds. The average Bonchev–Trinajstić information content (AvgIpc) is 3.61. The van der Waals surface area contributed by atoms with Gasteiger partial charge in [0.25, 0.3) is 11.8 Å². The van der Waals surface area contributed by atoms with Crippen LogP contribution in [0.4, 0.5) is 0 Å². The first kappa shape index (κ1) is 21.2. The molecule has 3 aliphatic rings. The number of imide groups is 1. The molecule has 2 unspecified atom stereocenters. The Morgan fingerprint density at radius 1 is 1.12 bits per heavy atom. The standard InChI is InChI=1S/C25H25N3O5/c1-33-20-5-3-2-4-18(20)22(14-6-7-14)27-23(30)15-8-9-17-16(12-15)13-28(25(17)32)19-10-11-21(29)26-24(19)31/h2-5,8-9,12,14,19,22H,6-7,10-11,13H2,1H3,(H,27,30)(H,26,29,31). The molecule has 170 valence electrons. The minimum atomic E-state index is -0.676. The molecule has 2 aliphatic heterocycles. The Labute approximate surface area is 191 Å². The Morgan fingerprint density at radius 3 is 2.64 bits per heavy atom. The maximum absolute atomic E-state index is 13.2. The normalized spacial score (nSPS) is 20.8. The Hall–Kier alpha value is -3.68. The number of piperidine rings is 1. The summed E-state index contributed by atoms with van der Waals surface area (Å²) in [7, 11) is 1.62. The molecule has 0 spiro atoms. The number of amides is 4. The smallest absolute Gasteiger partial charge is 0.255 e. The van der Waals surface area contributed by atoms with Gasteiger partial charge in [-0.3, -0.25) is 24.5 Å². The van der Waals surface area contributed by atoms with E-state index in [2.05, 4.69) is 10.6 Å². The third kappa shape index (κ3) is 3.97. The number of para-hydroxylation sites is 1. The largest absolute Gasteiger partial charge is 0.496 e. The van der Waals surface area contributed by atoms with Crippen molar-refractivity contribution in [1.29, 1.82) is 0 Å². The molecule has 2 fully saturated rings. The predicted octanol–water partition coefficient (Wildman–Crippen LogP) is 2.34. The number of benzene rings is 2. The van der Waals surface area contributed by atoms with Gasteiger partial charge in [-0.25, -0.2) is 0 Å². The summed E-state index contributed by atoms with van der Waals surface area (Å²) in [5.41, 5.74) is 2.61. The number of nitrogens with one attached hydrogen (secondary N) is 2. The highest BCUT2D eigenvalue weighted by molar-refractivity contribution is 6.06. The SMILES string of the molecule is COc1ccccc1C(NC(=O)c1ccc2c(c1)CN(C1CCC(=O)NC1=O)C2=O)C1CC1. The van der Waals surface area contributed by atoms with Crippen LogP contribution in [0.25, 0.3) is 0 Å². The molecule has 8 heteroatoms. The van der Waals surface area contributed by atoms with Gasteiger partial charge in [0.1, 0.15) is 11.8 Å². The van der Waals surface area contributed by atoms with E-state index in [9.17, 15) is 19.2 Å². The van der Waals surface area contributed by atoms with Gasteiger partial charge in [0.15, 0.2) is 0 Å². The van der Waals surface area contributed by atoms with Crippen molar-refractivity contribution >= 4 is 23.6 Å². The zero-order valence-electron chi connectivity index (χ0n) is 18.3. The van der Waals surface area contributed by atoms with Crippen molar-refractivity contribution in [2.75, 3.05) is 7.11 Å². The van der Waals surface area contributed by atoms with E-state index in [0.717, 1.165) is 24.2 Å². The van der Waals surface area contributed by atoms with Gasteiger partial charge in [-0.05, 0) is 55.0 Å². The predicted molar refractivity (Wildman–Crippen MR) is 118 cm³/mol. The Balaban J connectivity index is 1.35. The van der Waals surface area contributed by atoms with Gasteiger partial charge in [0.05, 0.1) is 13.2 Å². The summed E-state index contributed by atoms with van der Waals surface area (Å²) in [6.45, 7) is 0.236. The van der Waals surface area contributed by atoms with Gasteiger partial charge < -0.3 is 15.0 Å². The van der Waals surface area contributed by atoms with Crippen LogP contribution in [0.2, 0.25) is 0 Å². The number of carbonyl (C=O) groups is 4. The summed E-state index contributed by atoms with van der Waals surface area (Å²) >= 11 is 0. The van der Waals surface area contributed by atoms with Gasteiger partial charge in [-0.15, -0.1) is 0 Å². The number of hydrogen-bond acceptors (Lipinski definition) is 5. The fourth-order valence-electron chi connectivity index (χ4n) is 4.74. The molecule has 2 aromatic carbocycles. The summed E-state index contributed by atoms with van der Waals surface area (Å²) in [5.74, 6) is -0.128. The molecular formula is C25H25N3O5. The Bertz CT molecular complexity index is 1160. The summed E-state index contributed by atoms with van der Waals surface area (Å²) in [5, 5.41) is 5.46. The molecule has 8 nitrogen and oxygen atoms in total. The third-order valence-electron chi connectivity index (χ3n) is 6.64. The summed E-state index contributed by atoms with van der Waals surface area (Å²) in [6, 6.07) is 11.9. The van der Waals surface area contributed by atoms with E-state index in [4.69, 9.17) is 4.74 Å². The van der Waals surface area contributed by atoms with Crippen LogP contribution >= 0.6 is 0 Å². The van der Waals surface area contributed by atoms with Crippen LogP contribution in [0.3, 0.4) is 0 Å². The number of hydrogen-bond donors (Lipinski definition) is 2. The van der Waals surface area contributed by atoms with Gasteiger partial charge in [-0.1, -0.05) is 18.2 Å². The molecule has 2 aromatic rings. The van der Waals surface area contributed by atoms with Crippen LogP contribution in [0.5, 0.6) is 5.75 Å². The van der Waals surface area contributed by atoms with E-state index in [1.54, 1.807) is 25.3 Å². The topological polar surface area (TPSA) is 105 Å². The summed E-state index contributed by atoms with van der Waals surface area (Å²) < 4.78 is 5.50. The molecule has 1 aliphatic carbocycles. The van der Waals surface area contributed by atoms with Crippen LogP contribution in [0.15, 0.2) is 42.5 Å². The molecule has 2 N–H and O–H groups in total. The van der Waals surface area contributed by atoms with E-state index in [0.29, 0.717) is 29.0 Å². The average molecular weight is 447 g/mol. The highest BCUT2D eigenvalue weighted by Crippen LogP contribution is 2.43. The first-order valence-electron chi connectivity index (χ1n) is 11.2. The fraction of sp³-hybridized carbons (Fsp3) is 0.360. The molecule has 2 heterocycles. The monoisotopic (exact) mass is 447 g/mol. The quantitative estimate of drug-likeness (QED) is 0.662. The minimum absolute atomic E-state index is 0.150. The Morgan fingerprint density at radius 2 is 1.91 bits per heavy atom. The minimum Gasteiger partial charge on any atom is -0.496 e. The van der Waals surface area contributed by atoms with E-state index in [1.165, 1.54) is 4.90 Å². The van der Waals surface area contributed by atoms with Crippen molar-refractivity contribution in [3.63, 3.8) is 0 Å². The summed E-state index contributed by atoms with van der Waals surface area (Å²) in [4.78, 5) is 51.2. The van der Waals surface area contributed by atoms with Gasteiger partial charge in [-0.2, -0.15) is 0 Å². The van der Waals surface area contributed by atoms with Crippen LogP contribution in [0.1, 0.15) is 63.6 Å². The van der Waals surface area contributed by atoms with E-state index < -0.39 is 11.9 Å². The first-order chi connectivity index (χ1) is 16.0. The second-order valence-corrected chi connectivity index (χ2v) is 8.80. The lowest BCUT2D eigenvalue weighted by Gasteiger charge is -2.29. The molecule has 0 aromatic heterocycles. The molecular weight excluding hydrogens is 422 g/mol. The van der Waals surface area contributed by atoms with Crippen molar-refractivity contribution in [3.8, 4) is 5.75 Å². The highest BCUT2D eigenvalue weighted by Gasteiger charge is 2.39. The lowest BCUT2D eigenvalue weighted by molar-refractivity contribution is -0.136. The van der Waals surface area contributed by atoms with Crippen molar-refractivity contribution in [1.82, 2.24) is 15.5 Å². The number of rotatable bonds is 6. The first-order valence-corrected chi connectivity index (χ1v) is 11.2. The maximum Gasteiger partial charge on any atom is 0.255 e. The molecule has 33 heavy (non-hydrogen) atoms. The van der Waals surface area contributed by atoms with Crippen LogP contribution < -0.4 is 15.4 Å². The van der Waals surface area contributed by atoms with E-state index >= 15 is 0 Å². The van der Waals surface area contributed by atoms with Crippen molar-refractivity contribution in [2.45, 2.75) is 44.3 Å². The number of ether oxygens (including phenoxy) is 1. The third-order valence-corrected chi connectivity index (χ3v) is 6.64. The molecule has 0 bridgehead atoms. The van der Waals surface area contributed by atoms with Gasteiger partial charge >= 0.3 is 0 Å². The Kier molecular flexibility index (Phi) is 5.36. The second-order valence-electron chi connectivity index (χ2n) is 8.80. The zero-order chi connectivity index (χ0) is 23.1. The highest BCUT2D eigenvalue weighted by atomic mass is 16.5.